The highest BCUT2D eigenvalue weighted by Gasteiger charge is 2.65. The average Bonchev–Trinajstić information content (AvgIpc) is 3.70. The van der Waals surface area contributed by atoms with Crippen LogP contribution in [0.2, 0.25) is 0 Å². The number of rotatable bonds is 13. The van der Waals surface area contributed by atoms with Crippen LogP contribution in [0.3, 0.4) is 0 Å². The standard InChI is InChI=1S/C43H75N3O7/c1-25(2)12-14-45-15-16-51-36-19-29(6-9-35(36)49)41-34(24-52-26(3)47)32-7-8-33-39-30(18-31(48)20-37(39)50-4)22-43(40(33)42(32)53-41)13-11-27(21-43)17-28-5-10-38(44)46-23-28/h25,27-42,45-46,48-49H,5-24,44H2,1-4H3. The fourth-order valence-electron chi connectivity index (χ4n) is 13.6. The minimum Gasteiger partial charge on any atom is -0.465 e. The molecule has 7 rings (SSSR count). The fourth-order valence-corrected chi connectivity index (χ4v) is 13.6. The van der Waals surface area contributed by atoms with Crippen LogP contribution in [0.1, 0.15) is 117 Å². The molecule has 10 heteroatoms. The highest BCUT2D eigenvalue weighted by atomic mass is 16.5. The molecule has 5 aliphatic carbocycles. The van der Waals surface area contributed by atoms with Crippen molar-refractivity contribution >= 4 is 5.97 Å². The molecule has 0 aromatic heterocycles. The largest absolute Gasteiger partial charge is 0.465 e. The third-order valence-electron chi connectivity index (χ3n) is 15.8. The molecule has 2 saturated heterocycles. The number of carbonyl (C=O) groups excluding carboxylic acids is 1. The van der Waals surface area contributed by atoms with Crippen LogP contribution in [0, 0.1) is 64.6 Å². The van der Waals surface area contributed by atoms with Crippen LogP contribution in [0.5, 0.6) is 0 Å². The first-order valence-electron chi connectivity index (χ1n) is 22.0. The number of esters is 1. The van der Waals surface area contributed by atoms with E-state index in [1.807, 2.05) is 7.11 Å². The van der Waals surface area contributed by atoms with Crippen molar-refractivity contribution in [2.45, 2.75) is 160 Å². The van der Waals surface area contributed by atoms with Gasteiger partial charge < -0.3 is 45.5 Å². The van der Waals surface area contributed by atoms with Crippen molar-refractivity contribution in [2.75, 3.05) is 40.0 Å². The minimum absolute atomic E-state index is 0.0123. The fraction of sp³-hybridized carbons (Fsp3) is 0.977. The molecule has 17 atom stereocenters. The van der Waals surface area contributed by atoms with Gasteiger partial charge in [0.2, 0.25) is 0 Å². The molecule has 0 bridgehead atoms. The van der Waals surface area contributed by atoms with Crippen molar-refractivity contribution in [2.24, 2.45) is 70.3 Å². The lowest BCUT2D eigenvalue weighted by Gasteiger charge is -2.61. The summed E-state index contributed by atoms with van der Waals surface area (Å²) in [5.74, 6) is 4.53. The maximum atomic E-state index is 12.3. The van der Waals surface area contributed by atoms with E-state index in [2.05, 4.69) is 24.5 Å². The summed E-state index contributed by atoms with van der Waals surface area (Å²) in [5.41, 5.74) is 6.40. The van der Waals surface area contributed by atoms with Crippen LogP contribution in [0.25, 0.3) is 0 Å². The third kappa shape index (κ3) is 9.00. The first-order valence-corrected chi connectivity index (χ1v) is 22.0. The Morgan fingerprint density at radius 2 is 1.77 bits per heavy atom. The van der Waals surface area contributed by atoms with Gasteiger partial charge in [-0.2, -0.15) is 0 Å². The number of piperidine rings is 1. The molecule has 304 valence electrons. The number of ether oxygens (including phenoxy) is 4. The van der Waals surface area contributed by atoms with Crippen LogP contribution in [0.15, 0.2) is 0 Å². The van der Waals surface area contributed by atoms with Crippen molar-refractivity contribution in [3.8, 4) is 0 Å². The third-order valence-corrected chi connectivity index (χ3v) is 15.8. The highest BCUT2D eigenvalue weighted by molar-refractivity contribution is 5.65. The Labute approximate surface area is 320 Å². The summed E-state index contributed by atoms with van der Waals surface area (Å²) in [6, 6.07) is 0. The molecule has 0 radical (unpaired) electrons. The van der Waals surface area contributed by atoms with Crippen molar-refractivity contribution in [3.63, 3.8) is 0 Å². The maximum absolute atomic E-state index is 12.3. The minimum atomic E-state index is -0.460. The predicted molar refractivity (Wildman–Crippen MR) is 205 cm³/mol. The molecule has 6 N–H and O–H groups in total. The average molecular weight is 746 g/mol. The highest BCUT2D eigenvalue weighted by Crippen LogP contribution is 2.68. The first-order chi connectivity index (χ1) is 25.5. The number of hydrogen-bond donors (Lipinski definition) is 5. The van der Waals surface area contributed by atoms with E-state index in [-0.39, 0.29) is 59.9 Å². The lowest BCUT2D eigenvalue weighted by molar-refractivity contribution is -0.192. The van der Waals surface area contributed by atoms with Gasteiger partial charge >= 0.3 is 5.97 Å². The van der Waals surface area contributed by atoms with Crippen molar-refractivity contribution in [3.05, 3.63) is 0 Å². The van der Waals surface area contributed by atoms with E-state index in [1.165, 1.54) is 45.4 Å². The summed E-state index contributed by atoms with van der Waals surface area (Å²) >= 11 is 0. The van der Waals surface area contributed by atoms with Gasteiger partial charge in [-0.15, -0.1) is 0 Å². The Hall–Kier alpha value is -0.850. The SMILES string of the molecule is COC1CC(O)CC2CC3(CCC(CC4CCC(N)NC4)C3)C3C(CCC4C(COC(C)=O)C(C5CCC(O)C(OCCNCCC(C)C)C5)OC43)C21. The van der Waals surface area contributed by atoms with E-state index >= 15 is 0 Å². The Morgan fingerprint density at radius 1 is 0.943 bits per heavy atom. The zero-order valence-corrected chi connectivity index (χ0v) is 33.5. The molecule has 10 nitrogen and oxygen atoms in total. The number of methoxy groups -OCH3 is 1. The Bertz CT molecular complexity index is 1180. The Morgan fingerprint density at radius 3 is 2.53 bits per heavy atom. The monoisotopic (exact) mass is 746 g/mol. The van der Waals surface area contributed by atoms with E-state index in [9.17, 15) is 15.0 Å². The van der Waals surface area contributed by atoms with Gasteiger partial charge in [-0.1, -0.05) is 13.8 Å². The number of aliphatic hydroxyl groups excluding tert-OH is 2. The number of nitrogens with two attached hydrogens (primary N) is 1. The van der Waals surface area contributed by atoms with Crippen LogP contribution < -0.4 is 16.4 Å². The van der Waals surface area contributed by atoms with Crippen LogP contribution in [0.4, 0.5) is 0 Å². The molecule has 17 unspecified atom stereocenters. The van der Waals surface area contributed by atoms with Crippen LogP contribution in [-0.2, 0) is 23.7 Å². The van der Waals surface area contributed by atoms with E-state index < -0.39 is 6.10 Å². The summed E-state index contributed by atoms with van der Waals surface area (Å²) in [6.45, 7) is 9.83. The van der Waals surface area contributed by atoms with E-state index in [4.69, 9.17) is 24.7 Å². The molecule has 1 spiro atoms. The molecule has 0 aromatic carbocycles. The molecule has 7 fully saturated rings. The second kappa shape index (κ2) is 17.7. The van der Waals surface area contributed by atoms with E-state index in [1.54, 1.807) is 0 Å². The summed E-state index contributed by atoms with van der Waals surface area (Å²) < 4.78 is 26.1. The van der Waals surface area contributed by atoms with Gasteiger partial charge in [-0.25, -0.2) is 0 Å². The zero-order chi connectivity index (χ0) is 37.3. The van der Waals surface area contributed by atoms with Gasteiger partial charge in [-0.05, 0) is 168 Å². The lowest BCUT2D eigenvalue weighted by Crippen LogP contribution is -2.59. The summed E-state index contributed by atoms with van der Waals surface area (Å²) in [5, 5.41) is 29.2. The molecular weight excluding hydrogens is 670 g/mol. The normalized spacial score (nSPS) is 46.9. The second-order valence-electron chi connectivity index (χ2n) is 19.6. The van der Waals surface area contributed by atoms with E-state index in [0.717, 1.165) is 71.0 Å². The molecule has 2 aliphatic heterocycles. The van der Waals surface area contributed by atoms with Gasteiger partial charge in [0.05, 0.1) is 56.0 Å². The van der Waals surface area contributed by atoms with Crippen molar-refractivity contribution < 1.29 is 34.0 Å². The lowest BCUT2D eigenvalue weighted by atomic mass is 9.45. The van der Waals surface area contributed by atoms with Gasteiger partial charge in [0.15, 0.2) is 0 Å². The predicted octanol–water partition coefficient (Wildman–Crippen LogP) is 5.02. The summed E-state index contributed by atoms with van der Waals surface area (Å²) in [4.78, 5) is 12.3. The number of carbonyl (C=O) groups is 1. The van der Waals surface area contributed by atoms with Gasteiger partial charge in [0.1, 0.15) is 0 Å². The van der Waals surface area contributed by atoms with Gasteiger partial charge in [0.25, 0.3) is 0 Å². The zero-order valence-electron chi connectivity index (χ0n) is 33.5. The molecule has 5 saturated carbocycles. The van der Waals surface area contributed by atoms with Crippen LogP contribution >= 0.6 is 0 Å². The summed E-state index contributed by atoms with van der Waals surface area (Å²) in [7, 11) is 1.86. The number of fused-ring (bicyclic) bond motifs is 6. The van der Waals surface area contributed by atoms with Gasteiger partial charge in [-0.3, -0.25) is 4.79 Å². The smallest absolute Gasteiger partial charge is 0.302 e. The number of hydrogen-bond acceptors (Lipinski definition) is 10. The second-order valence-corrected chi connectivity index (χ2v) is 19.6. The molecule has 0 aromatic rings. The molecular formula is C43H75N3O7. The van der Waals surface area contributed by atoms with E-state index in [0.29, 0.717) is 67.0 Å². The maximum Gasteiger partial charge on any atom is 0.302 e. The number of nitrogens with one attached hydrogen (secondary N) is 2. The topological polar surface area (TPSA) is 145 Å². The molecule has 53 heavy (non-hydrogen) atoms. The van der Waals surface area contributed by atoms with Crippen molar-refractivity contribution in [1.82, 2.24) is 10.6 Å². The molecule has 2 heterocycles. The first kappa shape index (κ1) is 40.4. The van der Waals surface area contributed by atoms with Crippen LogP contribution in [-0.4, -0.2) is 98.9 Å². The Balaban J connectivity index is 1.12. The number of aliphatic hydroxyl groups is 2. The Kier molecular flexibility index (Phi) is 13.5. The molecule has 7 aliphatic rings. The molecule has 0 amide bonds. The quantitative estimate of drug-likeness (QED) is 0.129. The van der Waals surface area contributed by atoms with Gasteiger partial charge in [0, 0.05) is 26.5 Å². The van der Waals surface area contributed by atoms with Crippen molar-refractivity contribution in [1.29, 1.82) is 0 Å². The summed E-state index contributed by atoms with van der Waals surface area (Å²) in [6.07, 6.45) is 15.4.